The van der Waals surface area contributed by atoms with E-state index < -0.39 is 0 Å². The second kappa shape index (κ2) is 5.22. The van der Waals surface area contributed by atoms with Crippen molar-refractivity contribution >= 4 is 0 Å². The van der Waals surface area contributed by atoms with Crippen LogP contribution >= 0.6 is 0 Å². The monoisotopic (exact) mass is 231 g/mol. The molecular weight excluding hydrogens is 206 g/mol. The first-order chi connectivity index (χ1) is 8.10. The molecule has 1 aromatic rings. The minimum absolute atomic E-state index is 0.0470. The number of nitrogens with two attached hydrogens (primary N) is 1. The van der Waals surface area contributed by atoms with Gasteiger partial charge in [-0.25, -0.2) is 0 Å². The number of hydrogen-bond acceptors (Lipinski definition) is 1. The van der Waals surface area contributed by atoms with E-state index in [2.05, 4.69) is 38.1 Å². The van der Waals surface area contributed by atoms with E-state index in [0.29, 0.717) is 0 Å². The van der Waals surface area contributed by atoms with Gasteiger partial charge in [-0.05, 0) is 36.3 Å². The van der Waals surface area contributed by atoms with E-state index in [1.807, 2.05) is 0 Å². The predicted octanol–water partition coefficient (Wildman–Crippen LogP) is 4.00. The lowest BCUT2D eigenvalue weighted by Crippen LogP contribution is -2.38. The van der Waals surface area contributed by atoms with E-state index in [0.717, 1.165) is 25.2 Å². The molecule has 0 radical (unpaired) electrons. The molecule has 0 heterocycles. The van der Waals surface area contributed by atoms with Gasteiger partial charge < -0.3 is 5.73 Å². The molecule has 1 nitrogen and oxygen atoms in total. The Hall–Kier alpha value is -0.820. The molecule has 1 fully saturated rings. The van der Waals surface area contributed by atoms with Crippen LogP contribution in [0.4, 0.5) is 0 Å². The molecule has 0 bridgehead atoms. The van der Waals surface area contributed by atoms with E-state index >= 15 is 0 Å². The second-order valence-corrected chi connectivity index (χ2v) is 6.01. The van der Waals surface area contributed by atoms with Gasteiger partial charge in [0.15, 0.2) is 0 Å². The van der Waals surface area contributed by atoms with Crippen molar-refractivity contribution in [3.8, 4) is 0 Å². The van der Waals surface area contributed by atoms with Crippen LogP contribution < -0.4 is 5.73 Å². The lowest BCUT2D eigenvalue weighted by Gasteiger charge is -2.34. The van der Waals surface area contributed by atoms with Crippen molar-refractivity contribution in [1.29, 1.82) is 0 Å². The number of rotatable bonds is 3. The van der Waals surface area contributed by atoms with Crippen molar-refractivity contribution in [1.82, 2.24) is 0 Å². The van der Waals surface area contributed by atoms with E-state index in [1.165, 1.54) is 30.4 Å². The van der Waals surface area contributed by atoms with Crippen LogP contribution in [0.15, 0.2) is 24.3 Å². The molecule has 0 unspecified atom stereocenters. The highest BCUT2D eigenvalue weighted by Gasteiger charge is 2.28. The average molecular weight is 231 g/mol. The minimum Gasteiger partial charge on any atom is -0.321 e. The predicted molar refractivity (Wildman–Crippen MR) is 73.9 cm³/mol. The third kappa shape index (κ3) is 3.10. The van der Waals surface area contributed by atoms with Gasteiger partial charge in [-0.2, -0.15) is 0 Å². The van der Waals surface area contributed by atoms with Crippen molar-refractivity contribution in [3.63, 3.8) is 0 Å². The Kier molecular flexibility index (Phi) is 3.88. The molecule has 0 saturated heterocycles. The Morgan fingerprint density at radius 3 is 2.18 bits per heavy atom. The van der Waals surface area contributed by atoms with Gasteiger partial charge >= 0.3 is 0 Å². The van der Waals surface area contributed by atoms with E-state index in [9.17, 15) is 0 Å². The maximum absolute atomic E-state index is 6.53. The van der Waals surface area contributed by atoms with Crippen LogP contribution in [0.5, 0.6) is 0 Å². The summed E-state index contributed by atoms with van der Waals surface area (Å²) < 4.78 is 0. The fraction of sp³-hybridized carbons (Fsp3) is 0.625. The number of hydrogen-bond donors (Lipinski definition) is 1. The fourth-order valence-electron chi connectivity index (χ4n) is 2.92. The quantitative estimate of drug-likeness (QED) is 0.836. The largest absolute Gasteiger partial charge is 0.321 e. The summed E-state index contributed by atoms with van der Waals surface area (Å²) in [4.78, 5) is 0. The summed E-state index contributed by atoms with van der Waals surface area (Å²) in [5.74, 6) is 0.724. The van der Waals surface area contributed by atoms with Crippen molar-refractivity contribution in [3.05, 3.63) is 35.4 Å². The van der Waals surface area contributed by atoms with Crippen LogP contribution in [-0.2, 0) is 12.0 Å². The minimum atomic E-state index is -0.0470. The lowest BCUT2D eigenvalue weighted by atomic mass is 9.77. The Morgan fingerprint density at radius 1 is 1.06 bits per heavy atom. The van der Waals surface area contributed by atoms with Crippen LogP contribution in [0.25, 0.3) is 0 Å². The normalized spacial score (nSPS) is 19.5. The number of benzene rings is 1. The van der Waals surface area contributed by atoms with Gasteiger partial charge in [0, 0.05) is 5.54 Å². The molecule has 1 heteroatoms. The molecule has 1 aliphatic carbocycles. The summed E-state index contributed by atoms with van der Waals surface area (Å²) in [6.45, 7) is 4.53. The average Bonchev–Trinajstić information content (AvgIpc) is 2.30. The Morgan fingerprint density at radius 2 is 1.65 bits per heavy atom. The summed E-state index contributed by atoms with van der Waals surface area (Å²) in [5.41, 5.74) is 9.26. The summed E-state index contributed by atoms with van der Waals surface area (Å²) in [6.07, 6.45) is 7.38. The SMILES string of the molecule is CC(C)Cc1ccc(C2(N)CCCCC2)cc1. The Bertz CT molecular complexity index is 344. The highest BCUT2D eigenvalue weighted by atomic mass is 14.7. The van der Waals surface area contributed by atoms with Crippen LogP contribution in [0.3, 0.4) is 0 Å². The van der Waals surface area contributed by atoms with Crippen LogP contribution in [-0.4, -0.2) is 0 Å². The third-order valence-electron chi connectivity index (χ3n) is 3.92. The zero-order valence-corrected chi connectivity index (χ0v) is 11.2. The first kappa shape index (κ1) is 12.6. The molecule has 17 heavy (non-hydrogen) atoms. The van der Waals surface area contributed by atoms with Crippen molar-refractivity contribution in [2.75, 3.05) is 0 Å². The first-order valence-electron chi connectivity index (χ1n) is 6.98. The maximum atomic E-state index is 6.53. The maximum Gasteiger partial charge on any atom is 0.0409 e. The topological polar surface area (TPSA) is 26.0 Å². The molecule has 0 atom stereocenters. The van der Waals surface area contributed by atoms with Gasteiger partial charge in [0.05, 0.1) is 0 Å². The zero-order chi connectivity index (χ0) is 12.3. The summed E-state index contributed by atoms with van der Waals surface area (Å²) in [6, 6.07) is 9.03. The van der Waals surface area contributed by atoms with Gasteiger partial charge in [0.1, 0.15) is 0 Å². The third-order valence-corrected chi connectivity index (χ3v) is 3.92. The molecule has 1 aromatic carbocycles. The summed E-state index contributed by atoms with van der Waals surface area (Å²) in [7, 11) is 0. The lowest BCUT2D eigenvalue weighted by molar-refractivity contribution is 0.302. The van der Waals surface area contributed by atoms with Gasteiger partial charge in [0.2, 0.25) is 0 Å². The first-order valence-corrected chi connectivity index (χ1v) is 6.98. The molecule has 1 aliphatic rings. The standard InChI is InChI=1S/C16H25N/c1-13(2)12-14-6-8-15(9-7-14)16(17)10-4-3-5-11-16/h6-9,13H,3-5,10-12,17H2,1-2H3. The van der Waals surface area contributed by atoms with Crippen molar-refractivity contribution in [2.45, 2.75) is 57.9 Å². The van der Waals surface area contributed by atoms with E-state index in [1.54, 1.807) is 0 Å². The van der Waals surface area contributed by atoms with E-state index in [-0.39, 0.29) is 5.54 Å². The molecule has 1 saturated carbocycles. The van der Waals surface area contributed by atoms with Crippen molar-refractivity contribution < 1.29 is 0 Å². The second-order valence-electron chi connectivity index (χ2n) is 6.01. The van der Waals surface area contributed by atoms with Crippen LogP contribution in [0, 0.1) is 5.92 Å². The summed E-state index contributed by atoms with van der Waals surface area (Å²) >= 11 is 0. The smallest absolute Gasteiger partial charge is 0.0409 e. The van der Waals surface area contributed by atoms with Crippen LogP contribution in [0.1, 0.15) is 57.1 Å². The summed E-state index contributed by atoms with van der Waals surface area (Å²) in [5, 5.41) is 0. The highest BCUT2D eigenvalue weighted by Crippen LogP contribution is 2.34. The fourth-order valence-corrected chi connectivity index (χ4v) is 2.92. The molecular formula is C16H25N. The molecule has 94 valence electrons. The zero-order valence-electron chi connectivity index (χ0n) is 11.2. The Labute approximate surface area is 105 Å². The van der Waals surface area contributed by atoms with Crippen LogP contribution in [0.2, 0.25) is 0 Å². The van der Waals surface area contributed by atoms with Gasteiger partial charge in [-0.1, -0.05) is 57.4 Å². The molecule has 0 aliphatic heterocycles. The molecule has 2 rings (SSSR count). The Balaban J connectivity index is 2.11. The molecule has 2 N–H and O–H groups in total. The highest BCUT2D eigenvalue weighted by molar-refractivity contribution is 5.29. The van der Waals surface area contributed by atoms with E-state index in [4.69, 9.17) is 5.73 Å². The van der Waals surface area contributed by atoms with Gasteiger partial charge in [-0.15, -0.1) is 0 Å². The van der Waals surface area contributed by atoms with Crippen molar-refractivity contribution in [2.24, 2.45) is 11.7 Å². The van der Waals surface area contributed by atoms with Gasteiger partial charge in [-0.3, -0.25) is 0 Å². The molecule has 0 spiro atoms. The molecule has 0 aromatic heterocycles. The molecule has 0 amide bonds. The van der Waals surface area contributed by atoms with Gasteiger partial charge in [0.25, 0.3) is 0 Å².